The summed E-state index contributed by atoms with van der Waals surface area (Å²) < 4.78 is 12.7. The van der Waals surface area contributed by atoms with Gasteiger partial charge in [-0.15, -0.1) is 0 Å². The molecule has 154 valence electrons. The Bertz CT molecular complexity index is 886. The number of aromatic nitrogens is 1. The number of carbonyl (C=O) groups is 2. The molecule has 1 aromatic rings. The number of pyridine rings is 1. The Hall–Kier alpha value is -1.93. The maximum Gasteiger partial charge on any atom is 0.464 e. The Morgan fingerprint density at radius 1 is 1.24 bits per heavy atom. The molecule has 1 aliphatic carbocycles. The first-order valence-electron chi connectivity index (χ1n) is 10.5. The summed E-state index contributed by atoms with van der Waals surface area (Å²) in [4.78, 5) is 31.4. The Kier molecular flexibility index (Phi) is 3.97. The minimum absolute atomic E-state index is 0.0153. The van der Waals surface area contributed by atoms with Gasteiger partial charge in [-0.1, -0.05) is 0 Å². The fourth-order valence-electron chi connectivity index (χ4n) is 5.02. The summed E-state index contributed by atoms with van der Waals surface area (Å²) in [5.74, 6) is 0.234. The highest BCUT2D eigenvalue weighted by Gasteiger charge is 2.70. The molecule has 0 radical (unpaired) electrons. The molecule has 4 heterocycles. The van der Waals surface area contributed by atoms with Crippen molar-refractivity contribution in [2.45, 2.75) is 63.5 Å². The molecule has 7 nitrogen and oxygen atoms in total. The monoisotopic (exact) mass is 397 g/mol. The quantitative estimate of drug-likeness (QED) is 0.773. The van der Waals surface area contributed by atoms with Crippen LogP contribution in [0.5, 0.6) is 0 Å². The minimum Gasteiger partial charge on any atom is -0.403 e. The smallest absolute Gasteiger partial charge is 0.403 e. The van der Waals surface area contributed by atoms with E-state index in [1.807, 2.05) is 4.90 Å². The van der Waals surface area contributed by atoms with Crippen LogP contribution in [0.15, 0.2) is 12.4 Å². The third kappa shape index (κ3) is 2.75. The highest BCUT2D eigenvalue weighted by molar-refractivity contribution is 6.51. The number of carbonyl (C=O) groups excluding carboxylic acids is 2. The molecular weight excluding hydrogens is 369 g/mol. The molecule has 2 amide bonds. The second-order valence-electron chi connectivity index (χ2n) is 9.94. The summed E-state index contributed by atoms with van der Waals surface area (Å²) in [6, 6.07) is 0. The molecule has 8 heteroatoms. The average Bonchev–Trinajstić information content (AvgIpc) is 3.36. The van der Waals surface area contributed by atoms with Gasteiger partial charge in [0.05, 0.1) is 22.3 Å². The molecule has 29 heavy (non-hydrogen) atoms. The van der Waals surface area contributed by atoms with Crippen molar-refractivity contribution in [2.24, 2.45) is 5.92 Å². The molecule has 2 unspecified atom stereocenters. The van der Waals surface area contributed by atoms with Gasteiger partial charge in [0, 0.05) is 37.3 Å². The van der Waals surface area contributed by atoms with E-state index < -0.39 is 0 Å². The predicted molar refractivity (Wildman–Crippen MR) is 108 cm³/mol. The van der Waals surface area contributed by atoms with Gasteiger partial charge in [-0.3, -0.25) is 14.6 Å². The highest BCUT2D eigenvalue weighted by Crippen LogP contribution is 2.69. The molecule has 0 spiro atoms. The van der Waals surface area contributed by atoms with E-state index in [9.17, 15) is 9.59 Å². The van der Waals surface area contributed by atoms with Crippen LogP contribution in [0.4, 0.5) is 0 Å². The fraction of sp³-hybridized carbons (Fsp3) is 0.667. The van der Waals surface area contributed by atoms with E-state index in [0.29, 0.717) is 43.1 Å². The maximum absolute atomic E-state index is 13.3. The second kappa shape index (κ2) is 6.05. The maximum atomic E-state index is 13.3. The van der Waals surface area contributed by atoms with E-state index in [-0.39, 0.29) is 35.4 Å². The fourth-order valence-corrected chi connectivity index (χ4v) is 5.02. The van der Waals surface area contributed by atoms with Crippen molar-refractivity contribution in [3.63, 3.8) is 0 Å². The van der Waals surface area contributed by atoms with E-state index in [1.54, 1.807) is 12.4 Å². The molecule has 5 rings (SSSR count). The summed E-state index contributed by atoms with van der Waals surface area (Å²) in [5.41, 5.74) is 1.26. The van der Waals surface area contributed by atoms with Gasteiger partial charge in [0.1, 0.15) is 0 Å². The van der Waals surface area contributed by atoms with Crippen molar-refractivity contribution in [3.05, 3.63) is 29.1 Å². The third-order valence-electron chi connectivity index (χ3n) is 7.77. The first-order chi connectivity index (χ1) is 13.6. The van der Waals surface area contributed by atoms with Gasteiger partial charge in [0.15, 0.2) is 0 Å². The zero-order valence-electron chi connectivity index (χ0n) is 17.6. The lowest BCUT2D eigenvalue weighted by molar-refractivity contribution is 0.00578. The summed E-state index contributed by atoms with van der Waals surface area (Å²) in [6.45, 7) is 10.3. The molecular formula is C21H28BN3O4. The number of hydrogen-bond donors (Lipinski definition) is 1. The van der Waals surface area contributed by atoms with Gasteiger partial charge in [-0.25, -0.2) is 0 Å². The Balaban J connectivity index is 1.32. The molecule has 4 aliphatic rings. The Labute approximate surface area is 171 Å². The Morgan fingerprint density at radius 2 is 1.97 bits per heavy atom. The van der Waals surface area contributed by atoms with Gasteiger partial charge < -0.3 is 19.5 Å². The van der Waals surface area contributed by atoms with Crippen LogP contribution in [0, 0.1) is 5.92 Å². The van der Waals surface area contributed by atoms with Crippen LogP contribution in [0.1, 0.15) is 66.8 Å². The van der Waals surface area contributed by atoms with Crippen molar-refractivity contribution in [3.8, 4) is 0 Å². The normalized spacial score (nSPS) is 31.7. The van der Waals surface area contributed by atoms with Crippen LogP contribution in [0.3, 0.4) is 0 Å². The van der Waals surface area contributed by atoms with Crippen molar-refractivity contribution in [1.82, 2.24) is 15.2 Å². The number of amides is 2. The van der Waals surface area contributed by atoms with Crippen LogP contribution in [0.25, 0.3) is 0 Å². The molecule has 2 atom stereocenters. The van der Waals surface area contributed by atoms with E-state index in [4.69, 9.17) is 9.31 Å². The molecule has 3 aliphatic heterocycles. The summed E-state index contributed by atoms with van der Waals surface area (Å²) in [6.07, 6.45) is 5.74. The van der Waals surface area contributed by atoms with Gasteiger partial charge in [-0.05, 0) is 58.4 Å². The van der Waals surface area contributed by atoms with Crippen molar-refractivity contribution >= 4 is 18.9 Å². The number of piperidine rings is 1. The third-order valence-corrected chi connectivity index (χ3v) is 7.77. The average molecular weight is 397 g/mol. The molecule has 0 bridgehead atoms. The lowest BCUT2D eigenvalue weighted by Crippen LogP contribution is -2.43. The Morgan fingerprint density at radius 3 is 2.66 bits per heavy atom. The van der Waals surface area contributed by atoms with Crippen LogP contribution < -0.4 is 5.32 Å². The topological polar surface area (TPSA) is 80.8 Å². The van der Waals surface area contributed by atoms with Crippen molar-refractivity contribution in [2.75, 3.05) is 19.6 Å². The SMILES string of the molecule is CC1(C)OB(C23CCN(C(=O)c4cncc5c4CCNC5=O)CC2C3)OC1(C)C. The molecule has 1 N–H and O–H groups in total. The molecule has 2 saturated heterocycles. The molecule has 1 saturated carbocycles. The van der Waals surface area contributed by atoms with Gasteiger partial charge >= 0.3 is 7.12 Å². The number of hydrogen-bond acceptors (Lipinski definition) is 5. The van der Waals surface area contributed by atoms with Crippen LogP contribution >= 0.6 is 0 Å². The van der Waals surface area contributed by atoms with Gasteiger partial charge in [-0.2, -0.15) is 0 Å². The number of fused-ring (bicyclic) bond motifs is 2. The number of likely N-dealkylation sites (tertiary alicyclic amines) is 1. The van der Waals surface area contributed by atoms with E-state index >= 15 is 0 Å². The lowest BCUT2D eigenvalue weighted by Gasteiger charge is -2.33. The molecule has 0 aromatic carbocycles. The molecule has 3 fully saturated rings. The summed E-state index contributed by atoms with van der Waals surface area (Å²) >= 11 is 0. The predicted octanol–water partition coefficient (Wildman–Crippen LogP) is 2.07. The zero-order valence-corrected chi connectivity index (χ0v) is 17.6. The number of nitrogens with one attached hydrogen (secondary N) is 1. The lowest BCUT2D eigenvalue weighted by atomic mass is 9.63. The van der Waals surface area contributed by atoms with Gasteiger partial charge in [0.2, 0.25) is 0 Å². The van der Waals surface area contributed by atoms with E-state index in [2.05, 4.69) is 38.0 Å². The van der Waals surface area contributed by atoms with Crippen LogP contribution in [-0.2, 0) is 15.7 Å². The standard InChI is InChI=1S/C21H28BN3O4/c1-19(2)20(3,4)29-22(28-19)21-6-8-25(12-13(21)9-21)18(27)16-11-23-10-15-14(16)5-7-24-17(15)26/h10-11,13H,5-9,12H2,1-4H3,(H,24,26). The van der Waals surface area contributed by atoms with Gasteiger partial charge in [0.25, 0.3) is 11.8 Å². The van der Waals surface area contributed by atoms with Crippen LogP contribution in [-0.4, -0.2) is 59.7 Å². The summed E-state index contributed by atoms with van der Waals surface area (Å²) in [7, 11) is -0.204. The molecule has 1 aromatic heterocycles. The van der Waals surface area contributed by atoms with E-state index in [1.165, 1.54) is 0 Å². The minimum atomic E-state index is -0.331. The summed E-state index contributed by atoms with van der Waals surface area (Å²) in [5, 5.41) is 2.84. The second-order valence-corrected chi connectivity index (χ2v) is 9.94. The number of rotatable bonds is 2. The first-order valence-corrected chi connectivity index (χ1v) is 10.5. The highest BCUT2D eigenvalue weighted by atomic mass is 16.7. The van der Waals surface area contributed by atoms with Crippen molar-refractivity contribution < 1.29 is 18.9 Å². The van der Waals surface area contributed by atoms with Crippen molar-refractivity contribution in [1.29, 1.82) is 0 Å². The number of nitrogens with zero attached hydrogens (tertiary/aromatic N) is 2. The zero-order chi connectivity index (χ0) is 20.6. The van der Waals surface area contributed by atoms with Crippen LogP contribution in [0.2, 0.25) is 5.31 Å². The first kappa shape index (κ1) is 19.1. The largest absolute Gasteiger partial charge is 0.464 e. The van der Waals surface area contributed by atoms with E-state index in [0.717, 1.165) is 18.4 Å².